The fourth-order valence-corrected chi connectivity index (χ4v) is 3.37. The smallest absolute Gasteiger partial charge is 0.290 e. The number of ether oxygens (including phenoxy) is 1. The van der Waals surface area contributed by atoms with Crippen LogP contribution in [0.1, 0.15) is 41.7 Å². The standard InChI is InChI=1S/C21H23FN4O3.CH2O2/c22-16-3-7-18(8-4-16)29-10-9-24-20(27)15-1-5-17(6-2-15)26-21(28)19-11-14(12-23)13-25-19;2-1-3/h3-4,7-8,11,13,15,17,25H,1-2,5-6,9-10H2,(H,24,27)(H,26,28);1H,(H,2,3). The molecule has 10 heteroatoms. The van der Waals surface area contributed by atoms with Crippen LogP contribution in [0.2, 0.25) is 0 Å². The summed E-state index contributed by atoms with van der Waals surface area (Å²) in [6, 6.07) is 9.24. The van der Waals surface area contributed by atoms with E-state index >= 15 is 0 Å². The van der Waals surface area contributed by atoms with Crippen LogP contribution in [0.15, 0.2) is 36.5 Å². The minimum absolute atomic E-state index is 0.0134. The van der Waals surface area contributed by atoms with Crippen LogP contribution in [-0.2, 0) is 9.59 Å². The van der Waals surface area contributed by atoms with Gasteiger partial charge in [-0.3, -0.25) is 14.4 Å². The predicted octanol–water partition coefficient (Wildman–Crippen LogP) is 2.21. The highest BCUT2D eigenvalue weighted by atomic mass is 19.1. The van der Waals surface area contributed by atoms with E-state index in [0.717, 1.165) is 12.8 Å². The molecule has 3 rings (SSSR count). The highest BCUT2D eigenvalue weighted by Crippen LogP contribution is 2.24. The maximum atomic E-state index is 12.8. The molecule has 0 spiro atoms. The van der Waals surface area contributed by atoms with Crippen LogP contribution in [0.25, 0.3) is 0 Å². The van der Waals surface area contributed by atoms with Gasteiger partial charge >= 0.3 is 0 Å². The molecule has 32 heavy (non-hydrogen) atoms. The number of hydrogen-bond acceptors (Lipinski definition) is 5. The molecule has 0 saturated heterocycles. The fraction of sp³-hybridized carbons (Fsp3) is 0.364. The van der Waals surface area contributed by atoms with E-state index in [4.69, 9.17) is 19.9 Å². The SMILES string of the molecule is N#Cc1c[nH]c(C(=O)NC2CCC(C(=O)NCCOc3ccc(F)cc3)CC2)c1.O=CO. The van der Waals surface area contributed by atoms with Gasteiger partial charge in [-0.1, -0.05) is 0 Å². The van der Waals surface area contributed by atoms with E-state index in [9.17, 15) is 14.0 Å². The van der Waals surface area contributed by atoms with Gasteiger partial charge in [0.15, 0.2) is 0 Å². The van der Waals surface area contributed by atoms with E-state index in [2.05, 4.69) is 15.6 Å². The molecule has 1 aromatic carbocycles. The van der Waals surface area contributed by atoms with Gasteiger partial charge in [-0.2, -0.15) is 5.26 Å². The van der Waals surface area contributed by atoms with Crippen molar-refractivity contribution in [3.05, 3.63) is 53.6 Å². The summed E-state index contributed by atoms with van der Waals surface area (Å²) in [5.74, 6) is -0.0966. The summed E-state index contributed by atoms with van der Waals surface area (Å²) in [5, 5.41) is 21.5. The molecule has 1 fully saturated rings. The number of carboxylic acid groups (broad SMARTS) is 1. The molecule has 9 nitrogen and oxygen atoms in total. The van der Waals surface area contributed by atoms with Crippen LogP contribution in [0.3, 0.4) is 0 Å². The van der Waals surface area contributed by atoms with Crippen molar-refractivity contribution in [2.24, 2.45) is 5.92 Å². The molecular formula is C22H25FN4O5. The molecule has 2 aromatic rings. The third-order valence-corrected chi connectivity index (χ3v) is 4.97. The van der Waals surface area contributed by atoms with Gasteiger partial charge in [0, 0.05) is 18.2 Å². The molecule has 4 N–H and O–H groups in total. The molecule has 1 heterocycles. The second-order valence-corrected chi connectivity index (χ2v) is 7.13. The van der Waals surface area contributed by atoms with Crippen molar-refractivity contribution < 1.29 is 28.6 Å². The van der Waals surface area contributed by atoms with Gasteiger partial charge in [-0.25, -0.2) is 4.39 Å². The number of aromatic amines is 1. The fourth-order valence-electron chi connectivity index (χ4n) is 3.37. The topological polar surface area (TPSA) is 144 Å². The number of H-pyrrole nitrogens is 1. The second kappa shape index (κ2) is 12.7. The Morgan fingerprint density at radius 3 is 2.50 bits per heavy atom. The average Bonchev–Trinajstić information content (AvgIpc) is 3.28. The maximum absolute atomic E-state index is 12.8. The first kappa shape index (κ1) is 24.4. The van der Waals surface area contributed by atoms with E-state index in [1.54, 1.807) is 12.1 Å². The number of carbonyl (C=O) groups is 3. The molecule has 0 atom stereocenters. The van der Waals surface area contributed by atoms with Crippen molar-refractivity contribution >= 4 is 18.3 Å². The zero-order valence-corrected chi connectivity index (χ0v) is 17.3. The van der Waals surface area contributed by atoms with Crippen LogP contribution in [0, 0.1) is 23.1 Å². The number of carbonyl (C=O) groups excluding carboxylic acids is 2. The number of nitrogens with zero attached hydrogens (tertiary/aromatic N) is 1. The number of nitriles is 1. The summed E-state index contributed by atoms with van der Waals surface area (Å²) in [6.45, 7) is 0.435. The molecule has 0 unspecified atom stereocenters. The van der Waals surface area contributed by atoms with Gasteiger partial charge in [0.1, 0.15) is 29.9 Å². The molecular weight excluding hydrogens is 419 g/mol. The number of amides is 2. The Bertz CT molecular complexity index is 931. The van der Waals surface area contributed by atoms with Gasteiger partial charge in [0.2, 0.25) is 5.91 Å². The first-order valence-electron chi connectivity index (χ1n) is 10.1. The molecule has 1 aromatic heterocycles. The van der Waals surface area contributed by atoms with Gasteiger partial charge < -0.3 is 25.5 Å². The first-order valence-corrected chi connectivity index (χ1v) is 10.1. The second-order valence-electron chi connectivity index (χ2n) is 7.13. The number of halogens is 1. The molecule has 0 radical (unpaired) electrons. The van der Waals surface area contributed by atoms with Crippen LogP contribution in [-0.4, -0.2) is 47.6 Å². The lowest BCUT2D eigenvalue weighted by atomic mass is 9.85. The summed E-state index contributed by atoms with van der Waals surface area (Å²) in [7, 11) is 0. The van der Waals surface area contributed by atoms with Crippen LogP contribution in [0.5, 0.6) is 5.75 Å². The third-order valence-electron chi connectivity index (χ3n) is 4.97. The van der Waals surface area contributed by atoms with Crippen LogP contribution >= 0.6 is 0 Å². The van der Waals surface area contributed by atoms with Crippen molar-refractivity contribution in [1.82, 2.24) is 15.6 Å². The quantitative estimate of drug-likeness (QED) is 0.381. The number of nitrogens with one attached hydrogen (secondary N) is 3. The van der Waals surface area contributed by atoms with Gasteiger partial charge in [-0.05, 0) is 56.0 Å². The summed E-state index contributed by atoms with van der Waals surface area (Å²) < 4.78 is 18.3. The molecule has 0 aliphatic heterocycles. The minimum atomic E-state index is -0.322. The molecule has 1 aliphatic carbocycles. The van der Waals surface area contributed by atoms with Crippen LogP contribution < -0.4 is 15.4 Å². The van der Waals surface area contributed by atoms with E-state index in [0.29, 0.717) is 43.0 Å². The van der Waals surface area contributed by atoms with Crippen molar-refractivity contribution in [3.63, 3.8) is 0 Å². The van der Waals surface area contributed by atoms with E-state index in [1.165, 1.54) is 24.4 Å². The van der Waals surface area contributed by atoms with Crippen molar-refractivity contribution in [3.8, 4) is 11.8 Å². The Kier molecular flexibility index (Phi) is 9.71. The first-order chi connectivity index (χ1) is 15.5. The Hall–Kier alpha value is -3.87. The van der Waals surface area contributed by atoms with Gasteiger partial charge in [-0.15, -0.1) is 0 Å². The number of rotatable bonds is 7. The maximum Gasteiger partial charge on any atom is 0.290 e. The van der Waals surface area contributed by atoms with E-state index in [-0.39, 0.29) is 36.1 Å². The van der Waals surface area contributed by atoms with Gasteiger partial charge in [0.05, 0.1) is 12.1 Å². The minimum Gasteiger partial charge on any atom is -0.492 e. The third kappa shape index (κ3) is 7.75. The van der Waals surface area contributed by atoms with Crippen molar-refractivity contribution in [2.45, 2.75) is 31.7 Å². The monoisotopic (exact) mass is 444 g/mol. The van der Waals surface area contributed by atoms with Crippen molar-refractivity contribution in [2.75, 3.05) is 13.2 Å². The highest BCUT2D eigenvalue weighted by molar-refractivity contribution is 5.93. The molecule has 1 saturated carbocycles. The molecule has 0 bridgehead atoms. The summed E-state index contributed by atoms with van der Waals surface area (Å²) in [5.41, 5.74) is 0.779. The van der Waals surface area contributed by atoms with E-state index in [1.807, 2.05) is 6.07 Å². The summed E-state index contributed by atoms with van der Waals surface area (Å²) in [4.78, 5) is 35.7. The zero-order valence-electron chi connectivity index (χ0n) is 17.3. The number of benzene rings is 1. The molecule has 1 aliphatic rings. The lowest BCUT2D eigenvalue weighted by Crippen LogP contribution is -2.41. The number of hydrogen-bond donors (Lipinski definition) is 4. The average molecular weight is 444 g/mol. The molecule has 170 valence electrons. The Morgan fingerprint density at radius 1 is 1.25 bits per heavy atom. The lowest BCUT2D eigenvalue weighted by Gasteiger charge is -2.28. The Morgan fingerprint density at radius 2 is 1.91 bits per heavy atom. The van der Waals surface area contributed by atoms with Crippen molar-refractivity contribution in [1.29, 1.82) is 5.26 Å². The van der Waals surface area contributed by atoms with Gasteiger partial charge in [0.25, 0.3) is 12.4 Å². The summed E-state index contributed by atoms with van der Waals surface area (Å²) >= 11 is 0. The zero-order chi connectivity index (χ0) is 23.3. The highest BCUT2D eigenvalue weighted by Gasteiger charge is 2.27. The Labute approximate surface area is 184 Å². The molecule has 2 amide bonds. The summed E-state index contributed by atoms with van der Waals surface area (Å²) in [6.07, 6.45) is 4.34. The Balaban J connectivity index is 0.00000114. The normalized spacial score (nSPS) is 17.1. The van der Waals surface area contributed by atoms with E-state index < -0.39 is 0 Å². The number of aromatic nitrogens is 1. The predicted molar refractivity (Wildman–Crippen MR) is 112 cm³/mol. The largest absolute Gasteiger partial charge is 0.492 e. The van der Waals surface area contributed by atoms with Crippen LogP contribution in [0.4, 0.5) is 4.39 Å². The lowest BCUT2D eigenvalue weighted by molar-refractivity contribution is -0.126.